The van der Waals surface area contributed by atoms with Crippen LogP contribution in [0.4, 0.5) is 11.5 Å². The van der Waals surface area contributed by atoms with Gasteiger partial charge >= 0.3 is 0 Å². The zero-order valence-electron chi connectivity index (χ0n) is 12.3. The van der Waals surface area contributed by atoms with Crippen LogP contribution in [-0.4, -0.2) is 16.1 Å². The number of nitrogens with zero attached hydrogens (tertiary/aromatic N) is 2. The van der Waals surface area contributed by atoms with Gasteiger partial charge in [-0.25, -0.2) is 9.97 Å². The smallest absolute Gasteiger partial charge is 0.218 e. The number of nitrogen functional groups attached to an aromatic ring is 1. The van der Waals surface area contributed by atoms with E-state index in [0.717, 1.165) is 24.3 Å². The average Bonchev–Trinajstić information content (AvgIpc) is 2.80. The molecular weight excluding hydrogens is 264 g/mol. The van der Waals surface area contributed by atoms with Crippen molar-refractivity contribution in [1.29, 1.82) is 0 Å². The standard InChI is InChI=1S/C16H20N4O/c1-10(2)21-16-8-15(18-9-19-16)20-14-6-3-11-7-12(17)4-5-13(11)14/h4-5,7-10,14H,3,6,17H2,1-2H3,(H,18,19,20). The van der Waals surface area contributed by atoms with E-state index in [0.29, 0.717) is 5.88 Å². The molecule has 1 aromatic carbocycles. The summed E-state index contributed by atoms with van der Waals surface area (Å²) in [5.41, 5.74) is 9.28. The number of nitrogens with one attached hydrogen (secondary N) is 1. The number of benzene rings is 1. The molecule has 0 fully saturated rings. The summed E-state index contributed by atoms with van der Waals surface area (Å²) in [5.74, 6) is 1.38. The van der Waals surface area contributed by atoms with Gasteiger partial charge in [-0.05, 0) is 49.9 Å². The van der Waals surface area contributed by atoms with Gasteiger partial charge in [0.2, 0.25) is 5.88 Å². The van der Waals surface area contributed by atoms with E-state index in [2.05, 4.69) is 27.4 Å². The van der Waals surface area contributed by atoms with Crippen LogP contribution in [-0.2, 0) is 6.42 Å². The number of rotatable bonds is 4. The Kier molecular flexibility index (Phi) is 3.64. The fourth-order valence-electron chi connectivity index (χ4n) is 2.69. The molecule has 5 nitrogen and oxygen atoms in total. The fraction of sp³-hybridized carbons (Fsp3) is 0.375. The first-order valence-electron chi connectivity index (χ1n) is 7.25. The number of aryl methyl sites for hydroxylation is 1. The molecule has 0 aliphatic heterocycles. The molecular formula is C16H20N4O. The molecule has 3 N–H and O–H groups in total. The predicted molar refractivity (Wildman–Crippen MR) is 83.3 cm³/mol. The molecule has 1 atom stereocenters. The summed E-state index contributed by atoms with van der Waals surface area (Å²) in [6, 6.07) is 8.22. The molecule has 0 saturated heterocycles. The second-order valence-corrected chi connectivity index (χ2v) is 5.60. The molecule has 5 heteroatoms. The molecule has 110 valence electrons. The number of ether oxygens (including phenoxy) is 1. The van der Waals surface area contributed by atoms with Gasteiger partial charge in [-0.15, -0.1) is 0 Å². The maximum atomic E-state index is 5.84. The van der Waals surface area contributed by atoms with E-state index in [1.54, 1.807) is 0 Å². The lowest BCUT2D eigenvalue weighted by atomic mass is 10.1. The van der Waals surface area contributed by atoms with Crippen molar-refractivity contribution < 1.29 is 4.74 Å². The SMILES string of the molecule is CC(C)Oc1cc(NC2CCc3cc(N)ccc32)ncn1. The molecule has 1 heterocycles. The molecule has 0 saturated carbocycles. The number of anilines is 2. The van der Waals surface area contributed by atoms with E-state index < -0.39 is 0 Å². The van der Waals surface area contributed by atoms with Crippen molar-refractivity contribution in [2.75, 3.05) is 11.1 Å². The summed E-state index contributed by atoms with van der Waals surface area (Å²) >= 11 is 0. The molecule has 1 unspecified atom stereocenters. The molecule has 21 heavy (non-hydrogen) atoms. The molecule has 1 aromatic heterocycles. The van der Waals surface area contributed by atoms with Crippen LogP contribution in [0.15, 0.2) is 30.6 Å². The first kappa shape index (κ1) is 13.7. The van der Waals surface area contributed by atoms with E-state index in [1.165, 1.54) is 17.5 Å². The van der Waals surface area contributed by atoms with Gasteiger partial charge in [0.15, 0.2) is 0 Å². The minimum Gasteiger partial charge on any atom is -0.475 e. The molecule has 1 aliphatic rings. The Morgan fingerprint density at radius 1 is 1.29 bits per heavy atom. The zero-order valence-corrected chi connectivity index (χ0v) is 12.3. The van der Waals surface area contributed by atoms with Crippen LogP contribution in [0, 0.1) is 0 Å². The van der Waals surface area contributed by atoms with Crippen molar-refractivity contribution in [3.05, 3.63) is 41.7 Å². The number of fused-ring (bicyclic) bond motifs is 1. The molecule has 2 aromatic rings. The van der Waals surface area contributed by atoms with Crippen LogP contribution >= 0.6 is 0 Å². The van der Waals surface area contributed by atoms with Crippen LogP contribution < -0.4 is 15.8 Å². The van der Waals surface area contributed by atoms with E-state index in [9.17, 15) is 0 Å². The van der Waals surface area contributed by atoms with Crippen molar-refractivity contribution in [3.63, 3.8) is 0 Å². The number of hydrogen-bond acceptors (Lipinski definition) is 5. The van der Waals surface area contributed by atoms with Crippen molar-refractivity contribution in [1.82, 2.24) is 9.97 Å². The Balaban J connectivity index is 1.77. The first-order valence-corrected chi connectivity index (χ1v) is 7.25. The molecule has 0 amide bonds. The Morgan fingerprint density at radius 3 is 2.95 bits per heavy atom. The summed E-state index contributed by atoms with van der Waals surface area (Å²) in [6.07, 6.45) is 3.71. The van der Waals surface area contributed by atoms with Crippen LogP contribution in [0.2, 0.25) is 0 Å². The molecule has 0 spiro atoms. The Labute approximate surface area is 124 Å². The summed E-state index contributed by atoms with van der Waals surface area (Å²) in [6.45, 7) is 3.96. The molecule has 0 radical (unpaired) electrons. The third-order valence-electron chi connectivity index (χ3n) is 3.57. The van der Waals surface area contributed by atoms with Crippen molar-refractivity contribution >= 4 is 11.5 Å². The maximum Gasteiger partial charge on any atom is 0.218 e. The average molecular weight is 284 g/mol. The third kappa shape index (κ3) is 3.07. The van der Waals surface area contributed by atoms with Crippen LogP contribution in [0.25, 0.3) is 0 Å². The summed E-state index contributed by atoms with van der Waals surface area (Å²) in [5, 5.41) is 3.46. The number of nitrogens with two attached hydrogens (primary N) is 1. The van der Waals surface area contributed by atoms with Crippen LogP contribution in [0.1, 0.15) is 37.4 Å². The van der Waals surface area contributed by atoms with Gasteiger partial charge in [0.05, 0.1) is 12.1 Å². The molecule has 0 bridgehead atoms. The van der Waals surface area contributed by atoms with E-state index in [1.807, 2.05) is 26.0 Å². The summed E-state index contributed by atoms with van der Waals surface area (Å²) in [7, 11) is 0. The normalized spacial score (nSPS) is 16.8. The van der Waals surface area contributed by atoms with Gasteiger partial charge in [0, 0.05) is 11.8 Å². The van der Waals surface area contributed by atoms with E-state index in [-0.39, 0.29) is 12.1 Å². The number of aromatic nitrogens is 2. The maximum absolute atomic E-state index is 5.84. The van der Waals surface area contributed by atoms with Gasteiger partial charge < -0.3 is 15.8 Å². The zero-order chi connectivity index (χ0) is 14.8. The van der Waals surface area contributed by atoms with Crippen LogP contribution in [0.3, 0.4) is 0 Å². The fourth-order valence-corrected chi connectivity index (χ4v) is 2.69. The van der Waals surface area contributed by atoms with Gasteiger partial charge in [-0.2, -0.15) is 0 Å². The lowest BCUT2D eigenvalue weighted by Gasteiger charge is -2.16. The molecule has 1 aliphatic carbocycles. The summed E-state index contributed by atoms with van der Waals surface area (Å²) in [4.78, 5) is 8.39. The lowest BCUT2D eigenvalue weighted by molar-refractivity contribution is 0.232. The lowest BCUT2D eigenvalue weighted by Crippen LogP contribution is -2.11. The number of hydrogen-bond donors (Lipinski definition) is 2. The first-order chi connectivity index (χ1) is 10.1. The Bertz CT molecular complexity index is 642. The van der Waals surface area contributed by atoms with Crippen molar-refractivity contribution in [2.45, 2.75) is 38.8 Å². The van der Waals surface area contributed by atoms with Gasteiger partial charge in [-0.3, -0.25) is 0 Å². The minimum absolute atomic E-state index is 0.0999. The minimum atomic E-state index is 0.0999. The second-order valence-electron chi connectivity index (χ2n) is 5.60. The highest BCUT2D eigenvalue weighted by molar-refractivity contribution is 5.50. The summed E-state index contributed by atoms with van der Waals surface area (Å²) < 4.78 is 5.60. The van der Waals surface area contributed by atoms with E-state index >= 15 is 0 Å². The Hall–Kier alpha value is -2.30. The predicted octanol–water partition coefficient (Wildman–Crippen LogP) is 2.95. The Morgan fingerprint density at radius 2 is 2.14 bits per heavy atom. The molecule has 3 rings (SSSR count). The van der Waals surface area contributed by atoms with Gasteiger partial charge in [0.25, 0.3) is 0 Å². The van der Waals surface area contributed by atoms with Crippen LogP contribution in [0.5, 0.6) is 5.88 Å². The third-order valence-corrected chi connectivity index (χ3v) is 3.57. The second kappa shape index (κ2) is 5.60. The van der Waals surface area contributed by atoms with Crippen molar-refractivity contribution in [2.24, 2.45) is 0 Å². The van der Waals surface area contributed by atoms with Gasteiger partial charge in [0.1, 0.15) is 12.1 Å². The van der Waals surface area contributed by atoms with E-state index in [4.69, 9.17) is 10.5 Å². The monoisotopic (exact) mass is 284 g/mol. The highest BCUT2D eigenvalue weighted by atomic mass is 16.5. The largest absolute Gasteiger partial charge is 0.475 e. The topological polar surface area (TPSA) is 73.1 Å². The van der Waals surface area contributed by atoms with Gasteiger partial charge in [-0.1, -0.05) is 6.07 Å². The highest BCUT2D eigenvalue weighted by Gasteiger charge is 2.22. The highest BCUT2D eigenvalue weighted by Crippen LogP contribution is 2.34. The quantitative estimate of drug-likeness (QED) is 0.844. The van der Waals surface area contributed by atoms with Crippen molar-refractivity contribution in [3.8, 4) is 5.88 Å².